The standard InChI is InChI=1S/C69H84N10O8.C33H34Cl2N10O4S/c1-11-16-20-22-24-26-34-76-66(84)56-60(74(9)68(76)86)70-58(72(56)7)46-36-48-52-44(62(80)78(64(48)82)38-40(6)28-18-13-3)32-30-42-51-47(59-71-61-57(73(59)8)67(85)77(69(87)75(61)10)35-27-25-23-21-17-12-2)37-49-53-45(33-31-43(55(51)53)50(46)54(42)52)63(81)79(65(49)83)39-41(15-5)29-19-14-4;1-7-8-9-10-11-12-13-45-31(47)25-29(43(5)33(45)49)37-27(41(25)3)21-17-15-19(35)18(34)14-16(17)20(22-23(21)39-50-38-22)26-36-28-24(40(26)2)30(46)44(6)32(48)42(28)4/h30-33,36-37,40-41H,11-29,34-35,38-39H2,1-10H3;14-15H,7-13H2,1-6H3. The number of hydrogen-bond acceptors (Lipinski definition) is 19. The van der Waals surface area contributed by atoms with Gasteiger partial charge >= 0.3 is 22.8 Å². The van der Waals surface area contributed by atoms with Crippen molar-refractivity contribution in [1.29, 1.82) is 0 Å². The molecular formula is C102H118Cl2N20O12S. The molecule has 4 amide bonds. The summed E-state index contributed by atoms with van der Waals surface area (Å²) in [6.45, 7) is 16.0. The molecule has 0 saturated heterocycles. The summed E-state index contributed by atoms with van der Waals surface area (Å²) in [7, 11) is 14.7. The molecule has 32 nitrogen and oxygen atoms in total. The van der Waals surface area contributed by atoms with Crippen molar-refractivity contribution in [3.63, 3.8) is 0 Å². The monoisotopic (exact) mass is 1920 g/mol. The highest BCUT2D eigenvalue weighted by Crippen LogP contribution is 2.53. The summed E-state index contributed by atoms with van der Waals surface area (Å²) < 4.78 is 26.5. The van der Waals surface area contributed by atoms with Crippen molar-refractivity contribution < 1.29 is 19.2 Å². The third-order valence-electron chi connectivity index (χ3n) is 28.8. The first-order valence-corrected chi connectivity index (χ1v) is 50.0. The number of carbonyl (C=O) groups excluding carboxylic acids is 4. The Bertz CT molecular complexity index is 8220. The van der Waals surface area contributed by atoms with Crippen LogP contribution in [-0.2, 0) is 83.1 Å². The number of aryl methyl sites for hydroxylation is 8. The van der Waals surface area contributed by atoms with E-state index in [1.54, 1.807) is 111 Å². The lowest BCUT2D eigenvalue weighted by Gasteiger charge is -2.33. The molecule has 0 aliphatic carbocycles. The van der Waals surface area contributed by atoms with Crippen molar-refractivity contribution in [2.24, 2.45) is 75.3 Å². The Morgan fingerprint density at radius 2 is 0.642 bits per heavy atom. The second-order valence-corrected chi connectivity index (χ2v) is 39.1. The molecule has 137 heavy (non-hydrogen) atoms. The van der Waals surface area contributed by atoms with Crippen LogP contribution in [-0.4, -0.2) is 130 Å². The maximum absolute atomic E-state index is 15.6. The maximum Gasteiger partial charge on any atom is 0.332 e. The minimum absolute atomic E-state index is 0.00146. The Morgan fingerprint density at radius 1 is 0.314 bits per heavy atom. The molecule has 2 unspecified atom stereocenters. The zero-order chi connectivity index (χ0) is 97.6. The van der Waals surface area contributed by atoms with Crippen molar-refractivity contribution in [1.82, 2.24) is 93.3 Å². The number of nitrogens with zero attached hydrogens (tertiary/aromatic N) is 20. The van der Waals surface area contributed by atoms with Crippen molar-refractivity contribution in [3.8, 4) is 45.6 Å². The molecule has 7 aromatic carbocycles. The number of carbonyl (C=O) groups is 4. The van der Waals surface area contributed by atoms with Crippen LogP contribution in [0.3, 0.4) is 0 Å². The molecule has 35 heteroatoms. The second kappa shape index (κ2) is 38.7. The number of aromatic nitrogens is 18. The van der Waals surface area contributed by atoms with E-state index < -0.39 is 68.6 Å². The summed E-state index contributed by atoms with van der Waals surface area (Å²) in [5.74, 6) is -0.489. The number of unbranched alkanes of at least 4 members (excludes halogenated alkanes) is 17. The van der Waals surface area contributed by atoms with Gasteiger partial charge in [0.2, 0.25) is 0 Å². The summed E-state index contributed by atoms with van der Waals surface area (Å²) >= 11 is 14.3. The van der Waals surface area contributed by atoms with E-state index in [9.17, 15) is 38.4 Å². The number of rotatable bonds is 36. The first-order chi connectivity index (χ1) is 65.8. The van der Waals surface area contributed by atoms with Gasteiger partial charge in [0, 0.05) is 151 Å². The Balaban J connectivity index is 0.000000220. The number of imide groups is 2. The zero-order valence-corrected chi connectivity index (χ0v) is 83.3. The lowest BCUT2D eigenvalue weighted by molar-refractivity contribution is 0.0568. The number of amides is 4. The smallest absolute Gasteiger partial charge is 0.321 e. The Labute approximate surface area is 802 Å². The van der Waals surface area contributed by atoms with Crippen LogP contribution in [0.15, 0.2) is 86.9 Å². The second-order valence-electron chi connectivity index (χ2n) is 37.7. The fourth-order valence-corrected chi connectivity index (χ4v) is 22.0. The van der Waals surface area contributed by atoms with Crippen LogP contribution in [0.25, 0.3) is 155 Å². The quantitative estimate of drug-likeness (QED) is 0.0152. The van der Waals surface area contributed by atoms with Gasteiger partial charge < -0.3 is 18.3 Å². The predicted octanol–water partition coefficient (Wildman–Crippen LogP) is 17.4. The predicted molar refractivity (Wildman–Crippen MR) is 543 cm³/mol. The molecule has 0 N–H and O–H groups in total. The van der Waals surface area contributed by atoms with Crippen molar-refractivity contribution in [3.05, 3.63) is 164 Å². The molecule has 0 spiro atoms. The van der Waals surface area contributed by atoms with E-state index in [1.807, 2.05) is 19.1 Å². The molecule has 2 atom stereocenters. The van der Waals surface area contributed by atoms with E-state index in [0.29, 0.717) is 136 Å². The van der Waals surface area contributed by atoms with Crippen LogP contribution in [0.1, 0.15) is 250 Å². The van der Waals surface area contributed by atoms with Gasteiger partial charge in [-0.3, -0.25) is 84.7 Å². The molecule has 18 rings (SSSR count). The lowest BCUT2D eigenvalue weighted by atomic mass is 9.79. The van der Waals surface area contributed by atoms with Crippen LogP contribution in [0.2, 0.25) is 10.0 Å². The van der Waals surface area contributed by atoms with Gasteiger partial charge in [-0.15, -0.1) is 0 Å². The summed E-state index contributed by atoms with van der Waals surface area (Å²) in [5.41, 5.74) is 1.77. The third kappa shape index (κ3) is 16.0. The van der Waals surface area contributed by atoms with Gasteiger partial charge in [-0.1, -0.05) is 212 Å². The van der Waals surface area contributed by atoms with Gasteiger partial charge in [0.05, 0.1) is 32.9 Å². The minimum Gasteiger partial charge on any atom is -0.321 e. The van der Waals surface area contributed by atoms with Gasteiger partial charge in [-0.05, 0) is 113 Å². The number of benzene rings is 7. The first-order valence-electron chi connectivity index (χ1n) is 48.5. The SMILES string of the molecule is CCCCCCCCn1c(=O)c2c(nc(-c3c4cc(Cl)c(Cl)cc4c(-c4nc5c(c(=O)n(C)c(=O)n5C)n4C)c4nsnc34)n2C)n(C)c1=O.CCCCCCCCn1c(=O)c2c(nc(-c3cc4c5c(ccc6c7c(-c8nc9c(c(=O)n(CCCCCCCC)c(=O)n9C)n8C)cc8c9c(ccc(c3c56)c97)C(=O)N(CC(CC)CCCC)C8=O)C(=O)N(CC(C)CCCC)C4=O)n2C)n(C)c1=O. The highest BCUT2D eigenvalue weighted by Gasteiger charge is 2.42. The highest BCUT2D eigenvalue weighted by atomic mass is 35.5. The number of imidazole rings is 4. The van der Waals surface area contributed by atoms with Crippen molar-refractivity contribution in [2.75, 3.05) is 13.1 Å². The Kier molecular flexibility index (Phi) is 27.2. The highest BCUT2D eigenvalue weighted by molar-refractivity contribution is 7.00. The van der Waals surface area contributed by atoms with Crippen LogP contribution in [0, 0.1) is 11.8 Å². The Morgan fingerprint density at radius 3 is 1.02 bits per heavy atom. The molecule has 0 radical (unpaired) electrons. The lowest BCUT2D eigenvalue weighted by Crippen LogP contribution is -2.43. The van der Waals surface area contributed by atoms with E-state index in [-0.39, 0.29) is 115 Å². The molecular weight excluding hydrogens is 1800 g/mol. The first kappa shape index (κ1) is 96.1. The van der Waals surface area contributed by atoms with Gasteiger partial charge in [-0.25, -0.2) is 39.1 Å². The molecule has 11 heterocycles. The molecule has 0 saturated carbocycles. The van der Waals surface area contributed by atoms with E-state index in [1.165, 1.54) is 55.2 Å². The molecule has 718 valence electrons. The number of hydrogen-bond donors (Lipinski definition) is 0. The topological polar surface area (TPSA) is 348 Å². The van der Waals surface area contributed by atoms with Crippen LogP contribution in [0.5, 0.6) is 0 Å². The molecule has 0 bridgehead atoms. The fraction of sp³-hybridized carbons (Fsp3) is 0.471. The largest absolute Gasteiger partial charge is 0.332 e. The van der Waals surface area contributed by atoms with Gasteiger partial charge in [-0.2, -0.15) is 8.75 Å². The summed E-state index contributed by atoms with van der Waals surface area (Å²) in [4.78, 5) is 196. The molecule has 2 aliphatic rings. The number of halogens is 2. The molecule has 0 fully saturated rings. The summed E-state index contributed by atoms with van der Waals surface area (Å²) in [6.07, 6.45) is 23.9. The number of fused-ring (bicyclic) bond motifs is 8. The van der Waals surface area contributed by atoms with Gasteiger partial charge in [0.15, 0.2) is 44.7 Å². The van der Waals surface area contributed by atoms with Crippen LogP contribution >= 0.6 is 34.9 Å². The van der Waals surface area contributed by atoms with Gasteiger partial charge in [0.25, 0.3) is 45.9 Å². The van der Waals surface area contributed by atoms with Crippen molar-refractivity contribution >= 4 is 168 Å². The van der Waals surface area contributed by atoms with Gasteiger partial charge in [0.1, 0.15) is 34.3 Å². The van der Waals surface area contributed by atoms with Crippen LogP contribution < -0.4 is 45.0 Å². The van der Waals surface area contributed by atoms with E-state index in [0.717, 1.165) is 151 Å². The normalized spacial score (nSPS) is 13.5. The molecule has 16 aromatic rings. The van der Waals surface area contributed by atoms with Crippen LogP contribution in [0.4, 0.5) is 0 Å². The maximum atomic E-state index is 15.6. The average molecular weight is 1920 g/mol. The molecule has 9 aromatic heterocycles. The summed E-state index contributed by atoms with van der Waals surface area (Å²) in [5, 5.41) is 5.81. The van der Waals surface area contributed by atoms with E-state index in [4.69, 9.17) is 43.1 Å². The molecule has 2 aliphatic heterocycles. The fourth-order valence-electron chi connectivity index (χ4n) is 21.1. The zero-order valence-electron chi connectivity index (χ0n) is 81.0. The third-order valence-corrected chi connectivity index (χ3v) is 30.0. The summed E-state index contributed by atoms with van der Waals surface area (Å²) in [6, 6.07) is 14.2. The van der Waals surface area contributed by atoms with E-state index in [2.05, 4.69) is 50.3 Å². The van der Waals surface area contributed by atoms with E-state index >= 15 is 19.2 Å². The average Bonchev–Trinajstić information content (AvgIpc) is 1.36. The minimum atomic E-state index is -0.509. The Hall–Kier alpha value is -12.6. The van der Waals surface area contributed by atoms with Crippen molar-refractivity contribution in [2.45, 2.75) is 229 Å².